The van der Waals surface area contributed by atoms with E-state index in [-0.39, 0.29) is 5.97 Å². The van der Waals surface area contributed by atoms with Crippen LogP contribution in [-0.4, -0.2) is 25.2 Å². The first kappa shape index (κ1) is 14.8. The van der Waals surface area contributed by atoms with Gasteiger partial charge in [-0.15, -0.1) is 0 Å². The maximum atomic E-state index is 12.3. The molecule has 110 valence electrons. The van der Waals surface area contributed by atoms with Crippen LogP contribution >= 0.6 is 0 Å². The van der Waals surface area contributed by atoms with E-state index in [2.05, 4.69) is 10.3 Å². The van der Waals surface area contributed by atoms with Crippen molar-refractivity contribution in [2.75, 3.05) is 19.5 Å². The van der Waals surface area contributed by atoms with Gasteiger partial charge in [0, 0.05) is 12.4 Å². The molecule has 0 radical (unpaired) electrons. The van der Waals surface area contributed by atoms with Crippen LogP contribution in [0.25, 0.3) is 0 Å². The van der Waals surface area contributed by atoms with E-state index in [1.54, 1.807) is 38.6 Å². The van der Waals surface area contributed by atoms with E-state index in [1.165, 1.54) is 7.11 Å². The van der Waals surface area contributed by atoms with E-state index in [0.717, 1.165) is 5.56 Å². The monoisotopic (exact) mass is 286 g/mol. The Kier molecular flexibility index (Phi) is 4.42. The number of rotatable bonds is 5. The SMILES string of the molecule is COC(=O)C(C)(Nc1ccccc1OC)c1ccncc1. The van der Waals surface area contributed by atoms with E-state index in [1.807, 2.05) is 24.3 Å². The molecule has 0 amide bonds. The minimum atomic E-state index is -1.04. The summed E-state index contributed by atoms with van der Waals surface area (Å²) >= 11 is 0. The van der Waals surface area contributed by atoms with E-state index >= 15 is 0 Å². The van der Waals surface area contributed by atoms with Crippen LogP contribution in [0, 0.1) is 0 Å². The average molecular weight is 286 g/mol. The summed E-state index contributed by atoms with van der Waals surface area (Å²) in [5.74, 6) is 0.265. The van der Waals surface area contributed by atoms with Crippen molar-refractivity contribution in [3.8, 4) is 5.75 Å². The Morgan fingerprint density at radius 3 is 2.43 bits per heavy atom. The Balaban J connectivity index is 2.45. The van der Waals surface area contributed by atoms with Crippen LogP contribution in [-0.2, 0) is 15.1 Å². The number of hydrogen-bond donors (Lipinski definition) is 1. The molecule has 1 N–H and O–H groups in total. The van der Waals surface area contributed by atoms with Crippen molar-refractivity contribution >= 4 is 11.7 Å². The van der Waals surface area contributed by atoms with Gasteiger partial charge in [-0.1, -0.05) is 12.1 Å². The van der Waals surface area contributed by atoms with E-state index in [0.29, 0.717) is 11.4 Å². The first-order chi connectivity index (χ1) is 10.1. The second kappa shape index (κ2) is 6.26. The van der Waals surface area contributed by atoms with Gasteiger partial charge in [0.15, 0.2) is 5.54 Å². The lowest BCUT2D eigenvalue weighted by molar-refractivity contribution is -0.145. The van der Waals surface area contributed by atoms with E-state index < -0.39 is 5.54 Å². The summed E-state index contributed by atoms with van der Waals surface area (Å²) in [6, 6.07) is 11.0. The van der Waals surface area contributed by atoms with Crippen LogP contribution in [0.2, 0.25) is 0 Å². The first-order valence-corrected chi connectivity index (χ1v) is 6.52. The van der Waals surface area contributed by atoms with Gasteiger partial charge in [-0.05, 0) is 36.8 Å². The summed E-state index contributed by atoms with van der Waals surface area (Å²) in [6.45, 7) is 1.76. The molecule has 0 aliphatic heterocycles. The predicted molar refractivity (Wildman–Crippen MR) is 80.2 cm³/mol. The molecule has 5 nitrogen and oxygen atoms in total. The number of carbonyl (C=O) groups is 1. The Morgan fingerprint density at radius 1 is 1.14 bits per heavy atom. The molecule has 0 fully saturated rings. The van der Waals surface area contributed by atoms with Gasteiger partial charge in [0.25, 0.3) is 0 Å². The summed E-state index contributed by atoms with van der Waals surface area (Å²) in [4.78, 5) is 16.3. The van der Waals surface area contributed by atoms with Gasteiger partial charge in [-0.2, -0.15) is 0 Å². The molecular formula is C16H18N2O3. The lowest BCUT2D eigenvalue weighted by Crippen LogP contribution is -2.41. The number of hydrogen-bond acceptors (Lipinski definition) is 5. The van der Waals surface area contributed by atoms with Gasteiger partial charge in [-0.25, -0.2) is 4.79 Å². The van der Waals surface area contributed by atoms with Crippen LogP contribution in [0.4, 0.5) is 5.69 Å². The van der Waals surface area contributed by atoms with Crippen molar-refractivity contribution in [2.24, 2.45) is 0 Å². The van der Waals surface area contributed by atoms with Crippen LogP contribution in [0.3, 0.4) is 0 Å². The zero-order valence-corrected chi connectivity index (χ0v) is 12.3. The summed E-state index contributed by atoms with van der Waals surface area (Å²) in [7, 11) is 2.95. The van der Waals surface area contributed by atoms with Crippen molar-refractivity contribution in [1.82, 2.24) is 4.98 Å². The van der Waals surface area contributed by atoms with Gasteiger partial charge < -0.3 is 14.8 Å². The van der Waals surface area contributed by atoms with E-state index in [9.17, 15) is 4.79 Å². The minimum Gasteiger partial charge on any atom is -0.495 e. The summed E-state index contributed by atoms with van der Waals surface area (Å²) < 4.78 is 10.3. The highest BCUT2D eigenvalue weighted by Crippen LogP contribution is 2.32. The van der Waals surface area contributed by atoms with Crippen LogP contribution in [0.5, 0.6) is 5.75 Å². The molecule has 5 heteroatoms. The lowest BCUT2D eigenvalue weighted by Gasteiger charge is -2.30. The molecule has 2 aromatic rings. The Bertz CT molecular complexity index is 616. The number of nitrogens with zero attached hydrogens (tertiary/aromatic N) is 1. The van der Waals surface area contributed by atoms with Gasteiger partial charge >= 0.3 is 5.97 Å². The van der Waals surface area contributed by atoms with Crippen molar-refractivity contribution < 1.29 is 14.3 Å². The molecule has 0 aliphatic carbocycles. The number of methoxy groups -OCH3 is 2. The molecule has 0 aliphatic rings. The third-order valence-electron chi connectivity index (χ3n) is 3.34. The number of nitrogens with one attached hydrogen (secondary N) is 1. The largest absolute Gasteiger partial charge is 0.495 e. The van der Waals surface area contributed by atoms with Crippen molar-refractivity contribution in [1.29, 1.82) is 0 Å². The van der Waals surface area contributed by atoms with Crippen LogP contribution < -0.4 is 10.1 Å². The highest BCUT2D eigenvalue weighted by atomic mass is 16.5. The third kappa shape index (κ3) is 2.97. The Hall–Kier alpha value is -2.56. The number of benzene rings is 1. The smallest absolute Gasteiger partial charge is 0.335 e. The fraction of sp³-hybridized carbons (Fsp3) is 0.250. The molecule has 1 aromatic carbocycles. The average Bonchev–Trinajstić information content (AvgIpc) is 2.55. The maximum Gasteiger partial charge on any atom is 0.335 e. The zero-order chi connectivity index (χ0) is 15.3. The summed E-state index contributed by atoms with van der Waals surface area (Å²) in [6.07, 6.45) is 3.28. The Labute approximate surface area is 123 Å². The number of pyridine rings is 1. The van der Waals surface area contributed by atoms with E-state index in [4.69, 9.17) is 9.47 Å². The topological polar surface area (TPSA) is 60.5 Å². The molecular weight excluding hydrogens is 268 g/mol. The number of aromatic nitrogens is 1. The second-order valence-corrected chi connectivity index (χ2v) is 4.68. The van der Waals surface area contributed by atoms with Gasteiger partial charge in [0.2, 0.25) is 0 Å². The van der Waals surface area contributed by atoms with Crippen molar-refractivity contribution in [3.63, 3.8) is 0 Å². The molecule has 2 rings (SSSR count). The van der Waals surface area contributed by atoms with Crippen LogP contribution in [0.15, 0.2) is 48.8 Å². The minimum absolute atomic E-state index is 0.389. The second-order valence-electron chi connectivity index (χ2n) is 4.68. The molecule has 1 aromatic heterocycles. The molecule has 1 unspecified atom stereocenters. The number of esters is 1. The highest BCUT2D eigenvalue weighted by Gasteiger charge is 2.37. The number of ether oxygens (including phenoxy) is 2. The lowest BCUT2D eigenvalue weighted by atomic mass is 9.92. The molecule has 0 saturated heterocycles. The third-order valence-corrected chi connectivity index (χ3v) is 3.34. The molecule has 0 spiro atoms. The predicted octanol–water partition coefficient (Wildman–Crippen LogP) is 2.59. The summed E-state index contributed by atoms with van der Waals surface area (Å²) in [5, 5.41) is 3.21. The molecule has 1 heterocycles. The first-order valence-electron chi connectivity index (χ1n) is 6.52. The standard InChI is InChI=1S/C16H18N2O3/c1-16(15(19)21-3,12-8-10-17-11-9-12)18-13-6-4-5-7-14(13)20-2/h4-11,18H,1-3H3. The maximum absolute atomic E-state index is 12.3. The quantitative estimate of drug-likeness (QED) is 0.856. The molecule has 0 bridgehead atoms. The fourth-order valence-corrected chi connectivity index (χ4v) is 2.15. The zero-order valence-electron chi connectivity index (χ0n) is 12.3. The number of carbonyl (C=O) groups excluding carboxylic acids is 1. The van der Waals surface area contributed by atoms with Gasteiger partial charge in [0.05, 0.1) is 19.9 Å². The van der Waals surface area contributed by atoms with Gasteiger partial charge in [-0.3, -0.25) is 4.98 Å². The number of anilines is 1. The normalized spacial score (nSPS) is 13.1. The number of para-hydroxylation sites is 2. The fourth-order valence-electron chi connectivity index (χ4n) is 2.15. The van der Waals surface area contributed by atoms with Gasteiger partial charge in [0.1, 0.15) is 5.75 Å². The molecule has 21 heavy (non-hydrogen) atoms. The van der Waals surface area contributed by atoms with Crippen molar-refractivity contribution in [3.05, 3.63) is 54.4 Å². The van der Waals surface area contributed by atoms with Crippen molar-refractivity contribution in [2.45, 2.75) is 12.5 Å². The van der Waals surface area contributed by atoms with Crippen LogP contribution in [0.1, 0.15) is 12.5 Å². The molecule has 1 atom stereocenters. The molecule has 0 saturated carbocycles. The highest BCUT2D eigenvalue weighted by molar-refractivity contribution is 5.86. The Morgan fingerprint density at radius 2 is 1.81 bits per heavy atom. The summed E-state index contributed by atoms with van der Waals surface area (Å²) in [5.41, 5.74) is 0.437.